The van der Waals surface area contributed by atoms with Crippen LogP contribution in [0.5, 0.6) is 0 Å². The van der Waals surface area contributed by atoms with Gasteiger partial charge in [0.1, 0.15) is 5.92 Å². The first-order valence-corrected chi connectivity index (χ1v) is 9.12. The van der Waals surface area contributed by atoms with E-state index in [0.717, 1.165) is 12.8 Å². The number of nitrogens with one attached hydrogen (secondary N) is 1. The van der Waals surface area contributed by atoms with Gasteiger partial charge in [0, 0.05) is 0 Å². The van der Waals surface area contributed by atoms with E-state index in [9.17, 15) is 19.2 Å². The highest BCUT2D eigenvalue weighted by Gasteiger charge is 2.39. The molecule has 8 heteroatoms. The van der Waals surface area contributed by atoms with Gasteiger partial charge < -0.3 is 10.2 Å². The molecule has 0 aliphatic carbocycles. The van der Waals surface area contributed by atoms with Crippen molar-refractivity contribution in [2.75, 3.05) is 5.01 Å². The lowest BCUT2D eigenvalue weighted by molar-refractivity contribution is -0.127. The van der Waals surface area contributed by atoms with Gasteiger partial charge in [-0.1, -0.05) is 50.1 Å². The van der Waals surface area contributed by atoms with Gasteiger partial charge in [-0.3, -0.25) is 15.0 Å². The van der Waals surface area contributed by atoms with Crippen LogP contribution in [0.15, 0.2) is 54.6 Å². The topological polar surface area (TPSA) is 124 Å². The van der Waals surface area contributed by atoms with Gasteiger partial charge in [-0.15, -0.1) is 0 Å². The largest absolute Gasteiger partial charge is 0.478 e. The molecule has 152 valence electrons. The Bertz CT molecular complexity index is 864. The van der Waals surface area contributed by atoms with Crippen LogP contribution in [0.1, 0.15) is 46.9 Å². The van der Waals surface area contributed by atoms with Crippen molar-refractivity contribution >= 4 is 29.4 Å². The second-order valence-corrected chi connectivity index (χ2v) is 6.34. The fraction of sp³-hybridized carbons (Fsp3) is 0.238. The first-order valence-electron chi connectivity index (χ1n) is 9.12. The van der Waals surface area contributed by atoms with E-state index < -0.39 is 17.9 Å². The molecule has 1 heterocycles. The Morgan fingerprint density at radius 2 is 1.45 bits per heavy atom. The highest BCUT2D eigenvalue weighted by Crippen LogP contribution is 2.22. The Morgan fingerprint density at radius 3 is 1.93 bits per heavy atom. The van der Waals surface area contributed by atoms with Crippen LogP contribution in [-0.4, -0.2) is 34.0 Å². The lowest BCUT2D eigenvalue weighted by Crippen LogP contribution is -2.35. The Hall–Kier alpha value is -3.68. The smallest absolute Gasteiger partial charge is 0.336 e. The third-order valence-electron chi connectivity index (χ3n) is 4.31. The molecule has 0 saturated carbocycles. The molecule has 2 aromatic carbocycles. The monoisotopic (exact) mass is 398 g/mol. The number of carbonyl (C=O) groups excluding carboxylic acids is 2. The highest BCUT2D eigenvalue weighted by atomic mass is 16.4. The number of unbranched alkanes of at least 4 members (excludes halogenated alkanes) is 1. The number of hydrogen-bond donors (Lipinski definition) is 3. The SMILES string of the molecule is CCCCC1C(=O)NN(c2ccccc2)C1=O.O=C(O)c1ccccc1C(=O)O. The van der Waals surface area contributed by atoms with Crippen molar-refractivity contribution in [2.45, 2.75) is 26.2 Å². The first kappa shape index (κ1) is 21.6. The van der Waals surface area contributed by atoms with Gasteiger partial charge in [0.05, 0.1) is 16.8 Å². The fourth-order valence-corrected chi connectivity index (χ4v) is 2.80. The molecule has 0 radical (unpaired) electrons. The Balaban J connectivity index is 0.000000221. The lowest BCUT2D eigenvalue weighted by atomic mass is 10.0. The van der Waals surface area contributed by atoms with E-state index in [0.29, 0.717) is 12.1 Å². The lowest BCUT2D eigenvalue weighted by Gasteiger charge is -2.14. The molecule has 0 aromatic heterocycles. The number of carboxylic acids is 2. The normalized spacial score (nSPS) is 15.3. The molecule has 1 unspecified atom stereocenters. The zero-order chi connectivity index (χ0) is 21.4. The number of anilines is 1. The molecule has 3 rings (SSSR count). The number of hydrogen-bond acceptors (Lipinski definition) is 4. The van der Waals surface area contributed by atoms with Gasteiger partial charge in [0.15, 0.2) is 0 Å². The number of hydrazine groups is 1. The maximum absolute atomic E-state index is 12.1. The zero-order valence-corrected chi connectivity index (χ0v) is 15.9. The van der Waals surface area contributed by atoms with Crippen LogP contribution in [-0.2, 0) is 9.59 Å². The van der Waals surface area contributed by atoms with Gasteiger partial charge >= 0.3 is 11.9 Å². The van der Waals surface area contributed by atoms with Gasteiger partial charge in [-0.05, 0) is 30.7 Å². The van der Waals surface area contributed by atoms with Crippen LogP contribution in [0, 0.1) is 5.92 Å². The van der Waals surface area contributed by atoms with Crippen LogP contribution in [0.3, 0.4) is 0 Å². The third kappa shape index (κ3) is 5.41. The Kier molecular flexibility index (Phi) is 7.47. The van der Waals surface area contributed by atoms with Gasteiger partial charge in [-0.2, -0.15) is 0 Å². The summed E-state index contributed by atoms with van der Waals surface area (Å²) in [4.78, 5) is 44.7. The number of carbonyl (C=O) groups is 4. The van der Waals surface area contributed by atoms with Gasteiger partial charge in [0.25, 0.3) is 11.8 Å². The van der Waals surface area contributed by atoms with E-state index in [4.69, 9.17) is 10.2 Å². The highest BCUT2D eigenvalue weighted by molar-refractivity contribution is 6.14. The van der Waals surface area contributed by atoms with Crippen LogP contribution >= 0.6 is 0 Å². The molecule has 1 fully saturated rings. The number of rotatable bonds is 6. The van der Waals surface area contributed by atoms with E-state index in [-0.39, 0.29) is 22.9 Å². The molecule has 1 atom stereocenters. The molecule has 8 nitrogen and oxygen atoms in total. The van der Waals surface area contributed by atoms with E-state index in [1.807, 2.05) is 25.1 Å². The molecule has 3 N–H and O–H groups in total. The zero-order valence-electron chi connectivity index (χ0n) is 15.9. The first-order chi connectivity index (χ1) is 13.9. The predicted octanol–water partition coefficient (Wildman–Crippen LogP) is 2.95. The van der Waals surface area contributed by atoms with E-state index in [1.165, 1.54) is 29.3 Å². The van der Waals surface area contributed by atoms with Crippen LogP contribution in [0.25, 0.3) is 0 Å². The van der Waals surface area contributed by atoms with Crippen molar-refractivity contribution in [2.24, 2.45) is 5.92 Å². The quantitative estimate of drug-likeness (QED) is 0.643. The summed E-state index contributed by atoms with van der Waals surface area (Å²) in [5.74, 6) is -3.31. The third-order valence-corrected chi connectivity index (χ3v) is 4.31. The van der Waals surface area contributed by atoms with Crippen LogP contribution in [0.2, 0.25) is 0 Å². The predicted molar refractivity (Wildman–Crippen MR) is 105 cm³/mol. The number of para-hydroxylation sites is 1. The molecular weight excluding hydrogens is 376 g/mol. The minimum atomic E-state index is -1.23. The summed E-state index contributed by atoms with van der Waals surface area (Å²) in [6, 6.07) is 14.6. The molecule has 2 aromatic rings. The summed E-state index contributed by atoms with van der Waals surface area (Å²) in [6.07, 6.45) is 2.51. The van der Waals surface area contributed by atoms with Gasteiger partial charge in [0.2, 0.25) is 0 Å². The molecule has 0 bridgehead atoms. The van der Waals surface area contributed by atoms with Crippen molar-refractivity contribution in [3.8, 4) is 0 Å². The molecule has 1 aliphatic rings. The molecule has 1 aliphatic heterocycles. The van der Waals surface area contributed by atoms with E-state index >= 15 is 0 Å². The number of aromatic carboxylic acids is 2. The second kappa shape index (κ2) is 10.0. The number of benzene rings is 2. The van der Waals surface area contributed by atoms with Crippen molar-refractivity contribution in [3.63, 3.8) is 0 Å². The second-order valence-electron chi connectivity index (χ2n) is 6.34. The maximum Gasteiger partial charge on any atom is 0.336 e. The Morgan fingerprint density at radius 1 is 0.931 bits per heavy atom. The standard InChI is InChI=1S/C13H16N2O2.C8H6O4/c1-2-3-9-11-12(16)14-15(13(11)17)10-7-5-4-6-8-10;9-7(10)5-3-1-2-4-6(5)8(11)12/h4-8,11H,2-3,9H2,1H3,(H,14,16);1-4H,(H,9,10)(H,11,12). The van der Waals surface area contributed by atoms with Crippen LogP contribution < -0.4 is 10.4 Å². The molecular formula is C21H22N2O6. The maximum atomic E-state index is 12.1. The number of carboxylic acid groups (broad SMARTS) is 2. The molecule has 1 saturated heterocycles. The Labute approximate surface area is 167 Å². The molecule has 2 amide bonds. The summed E-state index contributed by atoms with van der Waals surface area (Å²) in [5.41, 5.74) is 2.96. The van der Waals surface area contributed by atoms with Crippen molar-refractivity contribution < 1.29 is 29.4 Å². The van der Waals surface area contributed by atoms with Gasteiger partial charge in [-0.25, -0.2) is 14.6 Å². The van der Waals surface area contributed by atoms with Crippen molar-refractivity contribution in [1.82, 2.24) is 5.43 Å². The van der Waals surface area contributed by atoms with Crippen LogP contribution in [0.4, 0.5) is 5.69 Å². The van der Waals surface area contributed by atoms with E-state index in [2.05, 4.69) is 5.43 Å². The fourth-order valence-electron chi connectivity index (χ4n) is 2.80. The molecule has 0 spiro atoms. The molecule has 29 heavy (non-hydrogen) atoms. The summed E-state index contributed by atoms with van der Waals surface area (Å²) >= 11 is 0. The summed E-state index contributed by atoms with van der Waals surface area (Å²) in [5, 5.41) is 18.5. The minimum absolute atomic E-state index is 0.144. The summed E-state index contributed by atoms with van der Waals surface area (Å²) < 4.78 is 0. The minimum Gasteiger partial charge on any atom is -0.478 e. The number of amides is 2. The van der Waals surface area contributed by atoms with E-state index in [1.54, 1.807) is 12.1 Å². The summed E-state index contributed by atoms with van der Waals surface area (Å²) in [7, 11) is 0. The number of nitrogens with zero attached hydrogens (tertiary/aromatic N) is 1. The average Bonchev–Trinajstić information content (AvgIpc) is 3.01. The van der Waals surface area contributed by atoms with Crippen molar-refractivity contribution in [1.29, 1.82) is 0 Å². The average molecular weight is 398 g/mol. The summed E-state index contributed by atoms with van der Waals surface area (Å²) in [6.45, 7) is 2.05. The van der Waals surface area contributed by atoms with Crippen molar-refractivity contribution in [3.05, 3.63) is 65.7 Å².